The van der Waals surface area contributed by atoms with E-state index in [0.717, 1.165) is 5.56 Å². The van der Waals surface area contributed by atoms with Crippen molar-refractivity contribution in [2.24, 2.45) is 0 Å². The van der Waals surface area contributed by atoms with E-state index in [9.17, 15) is 9.59 Å². The molecule has 0 aromatic heterocycles. The van der Waals surface area contributed by atoms with Gasteiger partial charge in [0.05, 0.1) is 17.2 Å². The van der Waals surface area contributed by atoms with E-state index in [1.807, 2.05) is 20.8 Å². The second-order valence-electron chi connectivity index (χ2n) is 6.29. The minimum Gasteiger partial charge on any atom is -0.496 e. The van der Waals surface area contributed by atoms with Gasteiger partial charge in [-0.05, 0) is 33.3 Å². The van der Waals surface area contributed by atoms with E-state index in [4.69, 9.17) is 32.7 Å². The number of amides is 1. The van der Waals surface area contributed by atoms with Gasteiger partial charge in [0.2, 0.25) is 5.91 Å². The topological polar surface area (TPSA) is 64.6 Å². The van der Waals surface area contributed by atoms with E-state index in [-0.39, 0.29) is 31.3 Å². The van der Waals surface area contributed by atoms with Crippen molar-refractivity contribution in [3.05, 3.63) is 27.7 Å². The molecule has 0 radical (unpaired) electrons. The zero-order valence-corrected chi connectivity index (χ0v) is 15.9. The van der Waals surface area contributed by atoms with Crippen LogP contribution in [0.3, 0.4) is 0 Å². The lowest BCUT2D eigenvalue weighted by Crippen LogP contribution is -2.25. The molecule has 0 aliphatic carbocycles. The number of ether oxygens (including phenoxy) is 2. The minimum absolute atomic E-state index is 0.160. The van der Waals surface area contributed by atoms with Crippen molar-refractivity contribution >= 4 is 35.1 Å². The van der Waals surface area contributed by atoms with Crippen LogP contribution in [0.1, 0.15) is 45.6 Å². The average molecular weight is 376 g/mol. The molecule has 134 valence electrons. The molecule has 0 spiro atoms. The molecule has 0 saturated carbocycles. The van der Waals surface area contributed by atoms with Gasteiger partial charge in [-0.15, -0.1) is 0 Å². The fraction of sp³-hybridized carbons (Fsp3) is 0.529. The number of nitrogens with one attached hydrogen (secondary N) is 1. The van der Waals surface area contributed by atoms with Crippen LogP contribution in [-0.4, -0.2) is 24.6 Å². The van der Waals surface area contributed by atoms with Crippen LogP contribution in [0.5, 0.6) is 5.75 Å². The van der Waals surface area contributed by atoms with Gasteiger partial charge in [-0.3, -0.25) is 9.59 Å². The van der Waals surface area contributed by atoms with Crippen LogP contribution >= 0.6 is 23.2 Å². The largest absolute Gasteiger partial charge is 0.496 e. The van der Waals surface area contributed by atoms with Crippen LogP contribution in [0.2, 0.25) is 10.0 Å². The van der Waals surface area contributed by atoms with Crippen molar-refractivity contribution in [2.75, 3.05) is 7.11 Å². The minimum atomic E-state index is -0.510. The molecule has 1 rings (SSSR count). The summed E-state index contributed by atoms with van der Waals surface area (Å²) in [7, 11) is 1.52. The highest BCUT2D eigenvalue weighted by molar-refractivity contribution is 6.42. The van der Waals surface area contributed by atoms with E-state index < -0.39 is 5.60 Å². The third kappa shape index (κ3) is 7.41. The smallest absolute Gasteiger partial charge is 0.306 e. The zero-order chi connectivity index (χ0) is 18.3. The highest BCUT2D eigenvalue weighted by Crippen LogP contribution is 2.30. The molecule has 1 N–H and O–H groups in total. The summed E-state index contributed by atoms with van der Waals surface area (Å²) >= 11 is 11.9. The number of rotatable bonds is 7. The fourth-order valence-corrected chi connectivity index (χ4v) is 2.31. The molecule has 0 atom stereocenters. The van der Waals surface area contributed by atoms with Crippen LogP contribution < -0.4 is 10.1 Å². The Morgan fingerprint density at radius 1 is 1.12 bits per heavy atom. The van der Waals surface area contributed by atoms with Gasteiger partial charge in [-0.2, -0.15) is 0 Å². The Bertz CT molecular complexity index is 597. The van der Waals surface area contributed by atoms with Crippen LogP contribution in [-0.2, 0) is 20.9 Å². The molecule has 1 amide bonds. The Labute approximate surface area is 152 Å². The maximum Gasteiger partial charge on any atom is 0.306 e. The summed E-state index contributed by atoms with van der Waals surface area (Å²) in [6.45, 7) is 5.69. The quantitative estimate of drug-likeness (QED) is 0.727. The van der Waals surface area contributed by atoms with E-state index in [1.165, 1.54) is 7.11 Å². The molecule has 0 aliphatic rings. The third-order valence-electron chi connectivity index (χ3n) is 3.00. The number of carbonyl (C=O) groups excluding carboxylic acids is 2. The summed E-state index contributed by atoms with van der Waals surface area (Å²) in [5.41, 5.74) is 0.219. The predicted octanol–water partition coefficient (Wildman–Crippen LogP) is 4.13. The lowest BCUT2D eigenvalue weighted by molar-refractivity contribution is -0.154. The van der Waals surface area contributed by atoms with Crippen LogP contribution in [0.4, 0.5) is 0 Å². The van der Waals surface area contributed by atoms with Crippen LogP contribution in [0.15, 0.2) is 12.1 Å². The Hall–Kier alpha value is -1.46. The van der Waals surface area contributed by atoms with E-state index in [1.54, 1.807) is 12.1 Å². The Kier molecular flexibility index (Phi) is 7.84. The van der Waals surface area contributed by atoms with E-state index in [2.05, 4.69) is 5.32 Å². The molecule has 0 fully saturated rings. The number of halogens is 2. The second-order valence-corrected chi connectivity index (χ2v) is 7.11. The lowest BCUT2D eigenvalue weighted by atomic mass is 10.1. The van der Waals surface area contributed by atoms with Crippen LogP contribution in [0, 0.1) is 0 Å². The number of carbonyl (C=O) groups is 2. The van der Waals surface area contributed by atoms with Gasteiger partial charge in [0.25, 0.3) is 0 Å². The maximum atomic E-state index is 11.9. The lowest BCUT2D eigenvalue weighted by Gasteiger charge is -2.19. The molecule has 0 unspecified atom stereocenters. The fourth-order valence-electron chi connectivity index (χ4n) is 1.97. The summed E-state index contributed by atoms with van der Waals surface area (Å²) in [6.07, 6.45) is 0.878. The predicted molar refractivity (Wildman–Crippen MR) is 94.6 cm³/mol. The summed E-state index contributed by atoms with van der Waals surface area (Å²) in [5, 5.41) is 3.55. The highest BCUT2D eigenvalue weighted by atomic mass is 35.5. The maximum absolute atomic E-state index is 11.9. The Balaban J connectivity index is 2.42. The monoisotopic (exact) mass is 375 g/mol. The van der Waals surface area contributed by atoms with Crippen molar-refractivity contribution in [3.8, 4) is 5.75 Å². The molecule has 24 heavy (non-hydrogen) atoms. The van der Waals surface area contributed by atoms with Gasteiger partial charge in [-0.25, -0.2) is 0 Å². The molecule has 0 aliphatic heterocycles. The van der Waals surface area contributed by atoms with E-state index in [0.29, 0.717) is 22.2 Å². The molecule has 5 nitrogen and oxygen atoms in total. The molecule has 0 saturated heterocycles. The molecule has 0 heterocycles. The number of methoxy groups -OCH3 is 1. The number of hydrogen-bond donors (Lipinski definition) is 1. The van der Waals surface area contributed by atoms with Crippen molar-refractivity contribution in [1.29, 1.82) is 0 Å². The zero-order valence-electron chi connectivity index (χ0n) is 14.4. The molecule has 1 aromatic rings. The third-order valence-corrected chi connectivity index (χ3v) is 3.73. The standard InChI is InChI=1S/C17H23Cl2NO4/c1-17(2,3)24-16(22)7-5-6-15(21)20-10-11-8-12(18)13(19)9-14(11)23-4/h8-9H,5-7,10H2,1-4H3,(H,20,21). The molecular formula is C17H23Cl2NO4. The number of benzene rings is 1. The number of esters is 1. The van der Waals surface area contributed by atoms with E-state index >= 15 is 0 Å². The van der Waals surface area contributed by atoms with Gasteiger partial charge >= 0.3 is 5.97 Å². The summed E-state index contributed by atoms with van der Waals surface area (Å²) < 4.78 is 10.4. The Morgan fingerprint density at radius 3 is 2.33 bits per heavy atom. The molecule has 7 heteroatoms. The summed E-state index contributed by atoms with van der Waals surface area (Å²) in [5.74, 6) is 0.0894. The van der Waals surface area contributed by atoms with Crippen molar-refractivity contribution in [3.63, 3.8) is 0 Å². The van der Waals surface area contributed by atoms with Crippen LogP contribution in [0.25, 0.3) is 0 Å². The first-order valence-electron chi connectivity index (χ1n) is 7.63. The second kappa shape index (κ2) is 9.14. The first-order chi connectivity index (χ1) is 11.1. The molecule has 1 aromatic carbocycles. The first kappa shape index (κ1) is 20.6. The highest BCUT2D eigenvalue weighted by Gasteiger charge is 2.16. The summed E-state index contributed by atoms with van der Waals surface area (Å²) in [4.78, 5) is 23.4. The SMILES string of the molecule is COc1cc(Cl)c(Cl)cc1CNC(=O)CCCC(=O)OC(C)(C)C. The molecular weight excluding hydrogens is 353 g/mol. The van der Waals surface area contributed by atoms with Gasteiger partial charge < -0.3 is 14.8 Å². The first-order valence-corrected chi connectivity index (χ1v) is 8.38. The van der Waals surface area contributed by atoms with Gasteiger partial charge in [-0.1, -0.05) is 23.2 Å². The van der Waals surface area contributed by atoms with Crippen molar-refractivity contribution in [2.45, 2.75) is 52.2 Å². The average Bonchev–Trinajstić information content (AvgIpc) is 2.46. The van der Waals surface area contributed by atoms with Crippen molar-refractivity contribution < 1.29 is 19.1 Å². The molecule has 0 bridgehead atoms. The number of hydrogen-bond acceptors (Lipinski definition) is 4. The normalized spacial score (nSPS) is 11.1. The van der Waals surface area contributed by atoms with Gasteiger partial charge in [0.15, 0.2) is 0 Å². The Morgan fingerprint density at radius 2 is 1.75 bits per heavy atom. The van der Waals surface area contributed by atoms with Gasteiger partial charge in [0, 0.05) is 31.0 Å². The van der Waals surface area contributed by atoms with Crippen molar-refractivity contribution in [1.82, 2.24) is 5.32 Å². The summed E-state index contributed by atoms with van der Waals surface area (Å²) in [6, 6.07) is 3.26. The van der Waals surface area contributed by atoms with Gasteiger partial charge in [0.1, 0.15) is 11.4 Å².